The van der Waals surface area contributed by atoms with Crippen LogP contribution in [0.15, 0.2) is 42.6 Å². The Morgan fingerprint density at radius 2 is 2.12 bits per heavy atom. The molecule has 1 aromatic carbocycles. The average Bonchev–Trinajstić information content (AvgIpc) is 2.62. The van der Waals surface area contributed by atoms with Crippen molar-refractivity contribution in [1.29, 1.82) is 0 Å². The number of hydrogen-bond acceptors (Lipinski definition) is 4. The number of carbonyl (C=O) groups excluding carboxylic acids is 2. The first-order valence-electron chi connectivity index (χ1n) is 8.07. The molecule has 2 aromatic rings. The number of benzene rings is 1. The number of aromatic nitrogens is 1. The highest BCUT2D eigenvalue weighted by Gasteiger charge is 2.33. The molecule has 0 fully saturated rings. The molecule has 7 heteroatoms. The van der Waals surface area contributed by atoms with Gasteiger partial charge in [0.05, 0.1) is 11.9 Å². The van der Waals surface area contributed by atoms with Crippen LogP contribution in [0.5, 0.6) is 5.75 Å². The van der Waals surface area contributed by atoms with E-state index in [0.717, 1.165) is 6.20 Å². The van der Waals surface area contributed by atoms with E-state index in [-0.39, 0.29) is 30.6 Å². The van der Waals surface area contributed by atoms with Crippen molar-refractivity contribution in [2.45, 2.75) is 25.9 Å². The molecule has 2 amide bonds. The molecule has 1 aliphatic rings. The highest BCUT2D eigenvalue weighted by atomic mass is 19.1. The van der Waals surface area contributed by atoms with Gasteiger partial charge in [0.1, 0.15) is 17.4 Å². The molecule has 0 saturated heterocycles. The summed E-state index contributed by atoms with van der Waals surface area (Å²) >= 11 is 0. The van der Waals surface area contributed by atoms with E-state index in [1.807, 2.05) is 19.1 Å². The van der Waals surface area contributed by atoms with Gasteiger partial charge in [-0.1, -0.05) is 19.1 Å². The second-order valence-corrected chi connectivity index (χ2v) is 5.63. The van der Waals surface area contributed by atoms with E-state index >= 15 is 0 Å². The summed E-state index contributed by atoms with van der Waals surface area (Å²) in [6, 6.07) is 9.86. The first kappa shape index (κ1) is 16.9. The second kappa shape index (κ2) is 7.29. The molecule has 6 nitrogen and oxygen atoms in total. The number of hydrogen-bond donors (Lipinski definition) is 1. The lowest BCUT2D eigenvalue weighted by Gasteiger charge is -2.33. The molecule has 0 saturated carbocycles. The van der Waals surface area contributed by atoms with Crippen molar-refractivity contribution in [2.24, 2.45) is 0 Å². The zero-order valence-electron chi connectivity index (χ0n) is 13.7. The van der Waals surface area contributed by atoms with Gasteiger partial charge in [-0.05, 0) is 30.7 Å². The Morgan fingerprint density at radius 3 is 2.84 bits per heavy atom. The molecule has 0 spiro atoms. The highest BCUT2D eigenvalue weighted by Crippen LogP contribution is 2.34. The van der Waals surface area contributed by atoms with Crippen LogP contribution in [0.1, 0.15) is 19.8 Å². The molecule has 1 aliphatic heterocycles. The van der Waals surface area contributed by atoms with E-state index in [0.29, 0.717) is 17.9 Å². The fourth-order valence-corrected chi connectivity index (χ4v) is 2.63. The molecule has 25 heavy (non-hydrogen) atoms. The van der Waals surface area contributed by atoms with Crippen LogP contribution in [-0.2, 0) is 9.59 Å². The quantitative estimate of drug-likeness (QED) is 0.906. The number of ether oxygens (including phenoxy) is 1. The minimum Gasteiger partial charge on any atom is -0.478 e. The Hall–Kier alpha value is -2.96. The van der Waals surface area contributed by atoms with Crippen molar-refractivity contribution < 1.29 is 18.7 Å². The molecule has 1 unspecified atom stereocenters. The number of nitrogens with zero attached hydrogens (tertiary/aromatic N) is 2. The molecule has 0 radical (unpaired) electrons. The molecule has 1 N–H and O–H groups in total. The second-order valence-electron chi connectivity index (χ2n) is 5.63. The third kappa shape index (κ3) is 3.76. The van der Waals surface area contributed by atoms with Crippen molar-refractivity contribution in [3.8, 4) is 5.75 Å². The summed E-state index contributed by atoms with van der Waals surface area (Å²) in [4.78, 5) is 30.0. The summed E-state index contributed by atoms with van der Waals surface area (Å²) in [6.45, 7) is 2.10. The standard InChI is InChI=1S/C18H18FN3O3/c1-2-14-18(24)22(13-5-3-4-6-15(13)25-14)10-9-17(23)21-16-8-7-12(19)11-20-16/h3-8,11,14H,2,9-10H2,1H3,(H,20,21,23). The SMILES string of the molecule is CCC1Oc2ccccc2N(CCC(=O)Nc2ccc(F)cn2)C1=O. The molecule has 0 aliphatic carbocycles. The normalized spacial score (nSPS) is 16.2. The lowest BCUT2D eigenvalue weighted by Crippen LogP contribution is -2.46. The lowest BCUT2D eigenvalue weighted by atomic mass is 10.1. The van der Waals surface area contributed by atoms with E-state index in [4.69, 9.17) is 4.74 Å². The summed E-state index contributed by atoms with van der Waals surface area (Å²) in [5, 5.41) is 2.59. The number of rotatable bonds is 5. The summed E-state index contributed by atoms with van der Waals surface area (Å²) < 4.78 is 18.5. The monoisotopic (exact) mass is 343 g/mol. The van der Waals surface area contributed by atoms with Crippen LogP contribution in [0.25, 0.3) is 0 Å². The molecule has 2 heterocycles. The van der Waals surface area contributed by atoms with E-state index in [9.17, 15) is 14.0 Å². The molecule has 3 rings (SSSR count). The van der Waals surface area contributed by atoms with Crippen molar-refractivity contribution >= 4 is 23.3 Å². The van der Waals surface area contributed by atoms with Gasteiger partial charge < -0.3 is 15.0 Å². The average molecular weight is 343 g/mol. The topological polar surface area (TPSA) is 71.5 Å². The van der Waals surface area contributed by atoms with Crippen LogP contribution in [0.3, 0.4) is 0 Å². The molecule has 130 valence electrons. The number of anilines is 2. The minimum atomic E-state index is -0.545. The largest absolute Gasteiger partial charge is 0.478 e. The molecule has 1 atom stereocenters. The van der Waals surface area contributed by atoms with Gasteiger partial charge in [-0.2, -0.15) is 0 Å². The van der Waals surface area contributed by atoms with Gasteiger partial charge >= 0.3 is 0 Å². The molecule has 0 bridgehead atoms. The van der Waals surface area contributed by atoms with Crippen molar-refractivity contribution in [3.63, 3.8) is 0 Å². The van der Waals surface area contributed by atoms with Gasteiger partial charge in [-0.15, -0.1) is 0 Å². The summed E-state index contributed by atoms with van der Waals surface area (Å²) in [6.07, 6.45) is 1.13. The Kier molecular flexibility index (Phi) is 4.92. The van der Waals surface area contributed by atoms with Gasteiger partial charge in [0.15, 0.2) is 6.10 Å². The van der Waals surface area contributed by atoms with Gasteiger partial charge in [-0.25, -0.2) is 9.37 Å². The third-order valence-electron chi connectivity index (χ3n) is 3.89. The van der Waals surface area contributed by atoms with Crippen LogP contribution in [0.4, 0.5) is 15.9 Å². The highest BCUT2D eigenvalue weighted by molar-refractivity contribution is 6.01. The van der Waals surface area contributed by atoms with Crippen molar-refractivity contribution in [3.05, 3.63) is 48.4 Å². The first-order chi connectivity index (χ1) is 12.1. The fraction of sp³-hybridized carbons (Fsp3) is 0.278. The van der Waals surface area contributed by atoms with E-state index in [1.54, 1.807) is 17.0 Å². The number of amides is 2. The summed E-state index contributed by atoms with van der Waals surface area (Å²) in [7, 11) is 0. The number of para-hydroxylation sites is 2. The summed E-state index contributed by atoms with van der Waals surface area (Å²) in [5.74, 6) is -0.0296. The number of fused-ring (bicyclic) bond motifs is 1. The number of carbonyl (C=O) groups is 2. The molecular weight excluding hydrogens is 325 g/mol. The molecular formula is C18H18FN3O3. The van der Waals surface area contributed by atoms with Crippen LogP contribution >= 0.6 is 0 Å². The maximum Gasteiger partial charge on any atom is 0.268 e. The maximum atomic E-state index is 12.8. The van der Waals surface area contributed by atoms with Gasteiger partial charge in [0.25, 0.3) is 5.91 Å². The Balaban J connectivity index is 1.67. The van der Waals surface area contributed by atoms with Crippen LogP contribution in [0.2, 0.25) is 0 Å². The van der Waals surface area contributed by atoms with E-state index in [1.165, 1.54) is 12.1 Å². The van der Waals surface area contributed by atoms with Gasteiger partial charge in [0, 0.05) is 13.0 Å². The van der Waals surface area contributed by atoms with Crippen LogP contribution < -0.4 is 15.0 Å². The number of nitrogens with one attached hydrogen (secondary N) is 1. The Morgan fingerprint density at radius 1 is 1.32 bits per heavy atom. The van der Waals surface area contributed by atoms with E-state index in [2.05, 4.69) is 10.3 Å². The van der Waals surface area contributed by atoms with Crippen LogP contribution in [0, 0.1) is 5.82 Å². The predicted octanol–water partition coefficient (Wildman–Crippen LogP) is 2.75. The van der Waals surface area contributed by atoms with Gasteiger partial charge in [-0.3, -0.25) is 9.59 Å². The maximum absolute atomic E-state index is 12.8. The van der Waals surface area contributed by atoms with Crippen molar-refractivity contribution in [2.75, 3.05) is 16.8 Å². The zero-order chi connectivity index (χ0) is 17.8. The fourth-order valence-electron chi connectivity index (χ4n) is 2.63. The van der Waals surface area contributed by atoms with Crippen molar-refractivity contribution in [1.82, 2.24) is 4.98 Å². The smallest absolute Gasteiger partial charge is 0.268 e. The number of halogens is 1. The number of pyridine rings is 1. The summed E-state index contributed by atoms with van der Waals surface area (Å²) in [5.41, 5.74) is 0.657. The van der Waals surface area contributed by atoms with E-state index < -0.39 is 11.9 Å². The lowest BCUT2D eigenvalue weighted by molar-refractivity contribution is -0.126. The van der Waals surface area contributed by atoms with Gasteiger partial charge in [0.2, 0.25) is 5.91 Å². The minimum absolute atomic E-state index is 0.0928. The Bertz CT molecular complexity index is 779. The first-order valence-corrected chi connectivity index (χ1v) is 8.07. The predicted molar refractivity (Wildman–Crippen MR) is 90.9 cm³/mol. The van der Waals surface area contributed by atoms with Crippen LogP contribution in [-0.4, -0.2) is 29.4 Å². The third-order valence-corrected chi connectivity index (χ3v) is 3.89. The Labute approximate surface area is 144 Å². The zero-order valence-corrected chi connectivity index (χ0v) is 13.7. The molecule has 1 aromatic heterocycles.